The predicted octanol–water partition coefficient (Wildman–Crippen LogP) is 1.90. The zero-order valence-corrected chi connectivity index (χ0v) is 10.5. The van der Waals surface area contributed by atoms with Crippen LogP contribution in [0.3, 0.4) is 0 Å². The summed E-state index contributed by atoms with van der Waals surface area (Å²) in [6.45, 7) is 1.89. The molecule has 0 aliphatic heterocycles. The summed E-state index contributed by atoms with van der Waals surface area (Å²) in [4.78, 5) is 19.9. The number of rotatable bonds is 3. The highest BCUT2D eigenvalue weighted by molar-refractivity contribution is 7.09. The van der Waals surface area contributed by atoms with Crippen LogP contribution >= 0.6 is 11.3 Å². The van der Waals surface area contributed by atoms with Crippen molar-refractivity contribution < 1.29 is 4.79 Å². The Morgan fingerprint density at radius 3 is 3.11 bits per heavy atom. The van der Waals surface area contributed by atoms with Gasteiger partial charge in [0, 0.05) is 11.6 Å². The molecule has 0 aliphatic rings. The first-order valence-electron chi connectivity index (χ1n) is 5.25. The molecule has 90 valence electrons. The Labute approximate surface area is 108 Å². The molecule has 1 amide bonds. The van der Waals surface area contributed by atoms with E-state index in [1.54, 1.807) is 12.1 Å². The average molecular weight is 258 g/mol. The summed E-state index contributed by atoms with van der Waals surface area (Å²) in [5, 5.41) is 14.3. The van der Waals surface area contributed by atoms with Crippen molar-refractivity contribution in [1.29, 1.82) is 5.26 Å². The number of carbonyl (C=O) groups is 1. The first-order valence-corrected chi connectivity index (χ1v) is 6.13. The number of thiazole rings is 1. The van der Waals surface area contributed by atoms with Gasteiger partial charge in [-0.2, -0.15) is 5.26 Å². The Morgan fingerprint density at radius 2 is 2.44 bits per heavy atom. The lowest BCUT2D eigenvalue weighted by Gasteiger charge is -2.04. The number of nitrogens with zero attached hydrogens (tertiary/aromatic N) is 3. The minimum absolute atomic E-state index is 0.186. The summed E-state index contributed by atoms with van der Waals surface area (Å²) in [7, 11) is 0. The van der Waals surface area contributed by atoms with Gasteiger partial charge in [-0.1, -0.05) is 0 Å². The summed E-state index contributed by atoms with van der Waals surface area (Å²) in [5.74, 6) is 0.0625. The number of hydrogen-bond acceptors (Lipinski definition) is 5. The number of aromatic nitrogens is 2. The minimum atomic E-state index is -0.226. The number of pyridine rings is 1. The number of hydrogen-bond donors (Lipinski definition) is 1. The number of nitriles is 1. The minimum Gasteiger partial charge on any atom is -0.309 e. The molecule has 0 aliphatic carbocycles. The number of nitrogens with one attached hydrogen (secondary N) is 1. The fourth-order valence-electron chi connectivity index (χ4n) is 1.43. The molecule has 5 nitrogen and oxygen atoms in total. The predicted molar refractivity (Wildman–Crippen MR) is 68.1 cm³/mol. The van der Waals surface area contributed by atoms with Gasteiger partial charge >= 0.3 is 0 Å². The summed E-state index contributed by atoms with van der Waals surface area (Å²) < 4.78 is 0. The normalized spacial score (nSPS) is 9.78. The number of amides is 1. The molecule has 2 aromatic heterocycles. The average Bonchev–Trinajstić information content (AvgIpc) is 2.75. The fourth-order valence-corrected chi connectivity index (χ4v) is 2.04. The van der Waals surface area contributed by atoms with Crippen molar-refractivity contribution in [2.75, 3.05) is 5.32 Å². The van der Waals surface area contributed by atoms with Gasteiger partial charge in [0.15, 0.2) is 0 Å². The van der Waals surface area contributed by atoms with Crippen LogP contribution in [0, 0.1) is 18.3 Å². The Morgan fingerprint density at radius 1 is 1.61 bits per heavy atom. The lowest BCUT2D eigenvalue weighted by Crippen LogP contribution is -2.16. The molecule has 2 aromatic rings. The van der Waals surface area contributed by atoms with Gasteiger partial charge in [-0.15, -0.1) is 11.3 Å². The number of anilines is 1. The van der Waals surface area contributed by atoms with Crippen molar-refractivity contribution >= 4 is 23.1 Å². The third-order valence-electron chi connectivity index (χ3n) is 2.19. The van der Waals surface area contributed by atoms with Crippen molar-refractivity contribution in [2.45, 2.75) is 13.3 Å². The fraction of sp³-hybridized carbons (Fsp3) is 0.167. The molecule has 6 heteroatoms. The van der Waals surface area contributed by atoms with Gasteiger partial charge in [0.25, 0.3) is 0 Å². The Kier molecular flexibility index (Phi) is 3.65. The van der Waals surface area contributed by atoms with E-state index in [9.17, 15) is 4.79 Å². The highest BCUT2D eigenvalue weighted by Crippen LogP contribution is 2.12. The van der Waals surface area contributed by atoms with Crippen molar-refractivity contribution in [2.24, 2.45) is 0 Å². The van der Waals surface area contributed by atoms with Crippen molar-refractivity contribution in [1.82, 2.24) is 9.97 Å². The number of aryl methyl sites for hydroxylation is 1. The van der Waals surface area contributed by atoms with Gasteiger partial charge in [-0.3, -0.25) is 4.79 Å². The van der Waals surface area contributed by atoms with Crippen molar-refractivity contribution in [3.05, 3.63) is 40.0 Å². The monoisotopic (exact) mass is 258 g/mol. The summed E-state index contributed by atoms with van der Waals surface area (Å²) in [5.41, 5.74) is 1.07. The summed E-state index contributed by atoms with van der Waals surface area (Å²) in [6, 6.07) is 5.24. The lowest BCUT2D eigenvalue weighted by atomic mass is 10.2. The highest BCUT2D eigenvalue weighted by Gasteiger charge is 2.09. The standard InChI is InChI=1S/C12H10N4OS/c1-8-15-10(7-18-8)5-11(17)16-12-9(6-13)3-2-4-14-12/h2-4,7H,5H2,1H3,(H,14,16,17). The molecule has 2 rings (SSSR count). The van der Waals surface area contributed by atoms with Crippen LogP contribution < -0.4 is 5.32 Å². The van der Waals surface area contributed by atoms with Crippen LogP contribution in [0.5, 0.6) is 0 Å². The lowest BCUT2D eigenvalue weighted by molar-refractivity contribution is -0.115. The van der Waals surface area contributed by atoms with Crippen LogP contribution in [0.2, 0.25) is 0 Å². The third kappa shape index (κ3) is 2.90. The van der Waals surface area contributed by atoms with Crippen LogP contribution in [0.25, 0.3) is 0 Å². The topological polar surface area (TPSA) is 78.7 Å². The van der Waals surface area contributed by atoms with E-state index in [0.717, 1.165) is 10.7 Å². The van der Waals surface area contributed by atoms with E-state index in [1.165, 1.54) is 17.5 Å². The van der Waals surface area contributed by atoms with Crippen LogP contribution in [0.4, 0.5) is 5.82 Å². The van der Waals surface area contributed by atoms with Gasteiger partial charge < -0.3 is 5.32 Å². The molecule has 0 atom stereocenters. The molecule has 0 spiro atoms. The third-order valence-corrected chi connectivity index (χ3v) is 3.02. The maximum absolute atomic E-state index is 11.8. The molecule has 18 heavy (non-hydrogen) atoms. The highest BCUT2D eigenvalue weighted by atomic mass is 32.1. The Bertz CT molecular complexity index is 615. The molecule has 0 unspecified atom stereocenters. The molecule has 1 N–H and O–H groups in total. The van der Waals surface area contributed by atoms with Gasteiger partial charge in [0.1, 0.15) is 11.9 Å². The molecule has 0 saturated carbocycles. The van der Waals surface area contributed by atoms with E-state index < -0.39 is 0 Å². The maximum atomic E-state index is 11.8. The molecule has 0 aromatic carbocycles. The zero-order chi connectivity index (χ0) is 13.0. The van der Waals surface area contributed by atoms with E-state index in [4.69, 9.17) is 5.26 Å². The van der Waals surface area contributed by atoms with E-state index in [1.807, 2.05) is 18.4 Å². The van der Waals surface area contributed by atoms with Crippen molar-refractivity contribution in [3.8, 4) is 6.07 Å². The largest absolute Gasteiger partial charge is 0.309 e. The van der Waals surface area contributed by atoms with E-state index in [0.29, 0.717) is 5.56 Å². The van der Waals surface area contributed by atoms with Gasteiger partial charge in [-0.05, 0) is 19.1 Å². The van der Waals surface area contributed by atoms with Crippen LogP contribution in [-0.2, 0) is 11.2 Å². The second kappa shape index (κ2) is 5.38. The van der Waals surface area contributed by atoms with E-state index >= 15 is 0 Å². The molecule has 0 bridgehead atoms. The summed E-state index contributed by atoms with van der Waals surface area (Å²) >= 11 is 1.50. The molecular formula is C12H10N4OS. The SMILES string of the molecule is Cc1nc(CC(=O)Nc2ncccc2C#N)cs1. The summed E-state index contributed by atoms with van der Waals surface area (Å²) in [6.07, 6.45) is 1.72. The van der Waals surface area contributed by atoms with Crippen LogP contribution in [0.1, 0.15) is 16.3 Å². The van der Waals surface area contributed by atoms with Crippen LogP contribution in [0.15, 0.2) is 23.7 Å². The van der Waals surface area contributed by atoms with Crippen molar-refractivity contribution in [3.63, 3.8) is 0 Å². The van der Waals surface area contributed by atoms with E-state index in [-0.39, 0.29) is 18.1 Å². The molecular weight excluding hydrogens is 248 g/mol. The van der Waals surface area contributed by atoms with Gasteiger partial charge in [-0.25, -0.2) is 9.97 Å². The van der Waals surface area contributed by atoms with Gasteiger partial charge in [0.05, 0.1) is 22.7 Å². The smallest absolute Gasteiger partial charge is 0.231 e. The zero-order valence-electron chi connectivity index (χ0n) is 9.67. The van der Waals surface area contributed by atoms with Gasteiger partial charge in [0.2, 0.25) is 5.91 Å². The molecule has 0 saturated heterocycles. The molecule has 2 heterocycles. The molecule has 0 fully saturated rings. The Balaban J connectivity index is 2.06. The molecule has 0 radical (unpaired) electrons. The van der Waals surface area contributed by atoms with E-state index in [2.05, 4.69) is 15.3 Å². The maximum Gasteiger partial charge on any atom is 0.231 e. The number of carbonyl (C=O) groups excluding carboxylic acids is 1. The first kappa shape index (κ1) is 12.2. The Hall–Kier alpha value is -2.26. The second-order valence-corrected chi connectivity index (χ2v) is 4.66. The first-order chi connectivity index (χ1) is 8.69. The van der Waals surface area contributed by atoms with Crippen LogP contribution in [-0.4, -0.2) is 15.9 Å². The quantitative estimate of drug-likeness (QED) is 0.912. The second-order valence-electron chi connectivity index (χ2n) is 3.59.